The third-order valence-corrected chi connectivity index (χ3v) is 4.86. The molecular weight excluding hydrogens is 356 g/mol. The van der Waals surface area contributed by atoms with Crippen LogP contribution in [0.5, 0.6) is 0 Å². The number of hydrogen-bond donors (Lipinski definition) is 3. The van der Waals surface area contributed by atoms with Crippen LogP contribution < -0.4 is 10.5 Å². The Kier molecular flexibility index (Phi) is 5.03. The molecule has 0 unspecified atom stereocenters. The zero-order chi connectivity index (χ0) is 18.7. The summed E-state index contributed by atoms with van der Waals surface area (Å²) in [5.74, 6) is -0.265. The summed E-state index contributed by atoms with van der Waals surface area (Å²) in [4.78, 5) is 16.6. The molecule has 0 radical (unpaired) electrons. The van der Waals surface area contributed by atoms with Gasteiger partial charge in [-0.3, -0.25) is 4.79 Å². The number of rotatable bonds is 6. The van der Waals surface area contributed by atoms with E-state index in [2.05, 4.69) is 10.3 Å². The Balaban J connectivity index is 1.69. The number of hydrogen-bond acceptors (Lipinski definition) is 5. The Morgan fingerprint density at radius 2 is 1.92 bits per heavy atom. The number of nitrogens with one attached hydrogen (secondary N) is 1. The van der Waals surface area contributed by atoms with Gasteiger partial charge in [-0.15, -0.1) is 0 Å². The van der Waals surface area contributed by atoms with Crippen LogP contribution in [0.3, 0.4) is 0 Å². The van der Waals surface area contributed by atoms with E-state index in [4.69, 9.17) is 10.2 Å². The highest BCUT2D eigenvalue weighted by Crippen LogP contribution is 2.15. The number of nitrogens with two attached hydrogens (primary N) is 1. The molecule has 0 fully saturated rings. The first-order chi connectivity index (χ1) is 12.4. The lowest BCUT2D eigenvalue weighted by Crippen LogP contribution is -2.22. The van der Waals surface area contributed by atoms with Gasteiger partial charge in [0.15, 0.2) is 0 Å². The van der Waals surface area contributed by atoms with Gasteiger partial charge in [0.05, 0.1) is 28.9 Å². The van der Waals surface area contributed by atoms with Gasteiger partial charge in [0.2, 0.25) is 10.0 Å². The monoisotopic (exact) mass is 374 g/mol. The van der Waals surface area contributed by atoms with E-state index in [1.807, 2.05) is 4.57 Å². The molecule has 0 saturated heterocycles. The summed E-state index contributed by atoms with van der Waals surface area (Å²) >= 11 is 0. The van der Waals surface area contributed by atoms with E-state index in [1.54, 1.807) is 36.7 Å². The number of benzene rings is 2. The lowest BCUT2D eigenvalue weighted by molar-refractivity contribution is 0.0951. The molecule has 4 N–H and O–H groups in total. The first kappa shape index (κ1) is 18.1. The fourth-order valence-corrected chi connectivity index (χ4v) is 3.09. The molecule has 0 aliphatic carbocycles. The van der Waals surface area contributed by atoms with Crippen molar-refractivity contribution in [2.45, 2.75) is 18.0 Å². The van der Waals surface area contributed by atoms with Crippen molar-refractivity contribution in [3.05, 3.63) is 59.9 Å². The zero-order valence-corrected chi connectivity index (χ0v) is 14.6. The van der Waals surface area contributed by atoms with E-state index < -0.39 is 10.0 Å². The summed E-state index contributed by atoms with van der Waals surface area (Å²) in [5.41, 5.74) is 2.73. The van der Waals surface area contributed by atoms with Crippen molar-refractivity contribution in [2.75, 3.05) is 6.61 Å². The molecule has 3 aromatic rings. The molecule has 0 aliphatic rings. The van der Waals surface area contributed by atoms with Crippen molar-refractivity contribution in [3.8, 4) is 0 Å². The number of aromatic nitrogens is 2. The number of fused-ring (bicyclic) bond motifs is 1. The summed E-state index contributed by atoms with van der Waals surface area (Å²) in [6, 6.07) is 11.2. The molecule has 1 amide bonds. The summed E-state index contributed by atoms with van der Waals surface area (Å²) in [7, 11) is -3.73. The maximum absolute atomic E-state index is 12.3. The normalized spacial score (nSPS) is 11.6. The SMILES string of the molecule is NS(=O)(=O)c1ccc(CNC(=O)c2ccc3c(c2)ncn3CCO)cc1. The van der Waals surface area contributed by atoms with Crippen LogP contribution in [-0.2, 0) is 23.1 Å². The van der Waals surface area contributed by atoms with Gasteiger partial charge < -0.3 is 15.0 Å². The molecule has 9 heteroatoms. The van der Waals surface area contributed by atoms with Gasteiger partial charge in [0.25, 0.3) is 5.91 Å². The highest BCUT2D eigenvalue weighted by Gasteiger charge is 2.10. The second-order valence-corrected chi connectivity index (χ2v) is 7.30. The lowest BCUT2D eigenvalue weighted by atomic mass is 10.1. The van der Waals surface area contributed by atoms with Gasteiger partial charge >= 0.3 is 0 Å². The van der Waals surface area contributed by atoms with Crippen molar-refractivity contribution < 1.29 is 18.3 Å². The van der Waals surface area contributed by atoms with Crippen LogP contribution >= 0.6 is 0 Å². The molecule has 0 atom stereocenters. The Hall–Kier alpha value is -2.75. The molecule has 1 heterocycles. The van der Waals surface area contributed by atoms with Crippen molar-refractivity contribution in [3.63, 3.8) is 0 Å². The largest absolute Gasteiger partial charge is 0.395 e. The second kappa shape index (κ2) is 7.24. The van der Waals surface area contributed by atoms with Crippen molar-refractivity contribution >= 4 is 27.0 Å². The number of sulfonamides is 1. The van der Waals surface area contributed by atoms with Gasteiger partial charge in [-0.05, 0) is 35.9 Å². The molecule has 0 spiro atoms. The first-order valence-electron chi connectivity index (χ1n) is 7.84. The van der Waals surface area contributed by atoms with Gasteiger partial charge in [-0.1, -0.05) is 12.1 Å². The summed E-state index contributed by atoms with van der Waals surface area (Å²) in [5, 5.41) is 16.9. The molecular formula is C17H18N4O4S. The van der Waals surface area contributed by atoms with Crippen LogP contribution in [0.4, 0.5) is 0 Å². The molecule has 0 saturated carbocycles. The Morgan fingerprint density at radius 3 is 2.58 bits per heavy atom. The topological polar surface area (TPSA) is 127 Å². The van der Waals surface area contributed by atoms with E-state index in [9.17, 15) is 13.2 Å². The summed E-state index contributed by atoms with van der Waals surface area (Å²) in [6.45, 7) is 0.704. The van der Waals surface area contributed by atoms with Gasteiger partial charge in [-0.2, -0.15) is 0 Å². The lowest BCUT2D eigenvalue weighted by Gasteiger charge is -2.07. The van der Waals surface area contributed by atoms with Crippen LogP contribution in [0.25, 0.3) is 11.0 Å². The number of carbonyl (C=O) groups excluding carboxylic acids is 1. The van der Waals surface area contributed by atoms with Crippen molar-refractivity contribution in [1.82, 2.24) is 14.9 Å². The number of primary sulfonamides is 1. The summed E-state index contributed by atoms with van der Waals surface area (Å²) < 4.78 is 24.3. The van der Waals surface area contributed by atoms with E-state index in [1.165, 1.54) is 12.1 Å². The molecule has 0 bridgehead atoms. The smallest absolute Gasteiger partial charge is 0.251 e. The molecule has 26 heavy (non-hydrogen) atoms. The van der Waals surface area contributed by atoms with E-state index in [-0.39, 0.29) is 24.0 Å². The minimum absolute atomic E-state index is 0.0118. The number of aliphatic hydroxyl groups excluding tert-OH is 1. The minimum atomic E-state index is -3.73. The molecule has 136 valence electrons. The maximum Gasteiger partial charge on any atom is 0.251 e. The number of aliphatic hydroxyl groups is 1. The minimum Gasteiger partial charge on any atom is -0.395 e. The second-order valence-electron chi connectivity index (χ2n) is 5.74. The van der Waals surface area contributed by atoms with E-state index >= 15 is 0 Å². The number of amides is 1. The standard InChI is InChI=1S/C17H18N4O4S/c18-26(24,25)14-4-1-12(2-5-14)10-19-17(23)13-3-6-16-15(9-13)20-11-21(16)7-8-22/h1-6,9,11,22H,7-8,10H2,(H,19,23)(H2,18,24,25). The van der Waals surface area contributed by atoms with E-state index in [0.717, 1.165) is 11.1 Å². The predicted octanol–water partition coefficient (Wildman–Crippen LogP) is 0.606. The van der Waals surface area contributed by atoms with Gasteiger partial charge in [-0.25, -0.2) is 18.5 Å². The fraction of sp³-hybridized carbons (Fsp3) is 0.176. The number of carbonyl (C=O) groups is 1. The Bertz CT molecular complexity index is 1040. The first-order valence-corrected chi connectivity index (χ1v) is 9.39. The Morgan fingerprint density at radius 1 is 1.19 bits per heavy atom. The number of imidazole rings is 1. The molecule has 1 aromatic heterocycles. The third-order valence-electron chi connectivity index (χ3n) is 3.93. The average molecular weight is 374 g/mol. The van der Waals surface area contributed by atoms with E-state index in [0.29, 0.717) is 17.6 Å². The highest BCUT2D eigenvalue weighted by atomic mass is 32.2. The summed E-state index contributed by atoms with van der Waals surface area (Å²) in [6.07, 6.45) is 1.62. The maximum atomic E-state index is 12.3. The number of nitrogens with zero attached hydrogens (tertiary/aromatic N) is 2. The predicted molar refractivity (Wildman–Crippen MR) is 95.8 cm³/mol. The quantitative estimate of drug-likeness (QED) is 0.582. The molecule has 8 nitrogen and oxygen atoms in total. The van der Waals surface area contributed by atoms with Crippen LogP contribution in [0.2, 0.25) is 0 Å². The molecule has 3 rings (SSSR count). The zero-order valence-electron chi connectivity index (χ0n) is 13.8. The van der Waals surface area contributed by atoms with Crippen LogP contribution in [-0.4, -0.2) is 35.6 Å². The van der Waals surface area contributed by atoms with Crippen LogP contribution in [0, 0.1) is 0 Å². The average Bonchev–Trinajstić information content (AvgIpc) is 3.02. The Labute approximate surface area is 150 Å². The molecule has 2 aromatic carbocycles. The van der Waals surface area contributed by atoms with Gasteiger partial charge in [0.1, 0.15) is 0 Å². The van der Waals surface area contributed by atoms with Crippen molar-refractivity contribution in [1.29, 1.82) is 0 Å². The molecule has 0 aliphatic heterocycles. The van der Waals surface area contributed by atoms with Crippen molar-refractivity contribution in [2.24, 2.45) is 5.14 Å². The van der Waals surface area contributed by atoms with Crippen LogP contribution in [0.1, 0.15) is 15.9 Å². The highest BCUT2D eigenvalue weighted by molar-refractivity contribution is 7.89. The van der Waals surface area contributed by atoms with Gasteiger partial charge in [0, 0.05) is 18.7 Å². The fourth-order valence-electron chi connectivity index (χ4n) is 2.57. The third kappa shape index (κ3) is 3.90. The van der Waals surface area contributed by atoms with Crippen LogP contribution in [0.15, 0.2) is 53.7 Å².